The van der Waals surface area contributed by atoms with E-state index in [-0.39, 0.29) is 17.4 Å². The number of hydrogen-bond acceptors (Lipinski definition) is 8. The third kappa shape index (κ3) is 7.01. The number of benzene rings is 3. The monoisotopic (exact) mass is 669 g/mol. The lowest BCUT2D eigenvalue weighted by atomic mass is 9.77. The summed E-state index contributed by atoms with van der Waals surface area (Å²) in [5, 5.41) is 0.901. The lowest BCUT2D eigenvalue weighted by molar-refractivity contribution is -0.142. The Balaban J connectivity index is 1.62. The summed E-state index contributed by atoms with van der Waals surface area (Å²) in [5.74, 6) is -3.16. The number of nitrogens with one attached hydrogen (secondary N) is 1. The van der Waals surface area contributed by atoms with Crippen LogP contribution in [0.1, 0.15) is 31.9 Å². The average molecular weight is 670 g/mol. The molecule has 0 aliphatic carbocycles. The molecular weight excluding hydrogens is 639 g/mol. The van der Waals surface area contributed by atoms with Crippen molar-refractivity contribution >= 4 is 50.2 Å². The van der Waals surface area contributed by atoms with Crippen LogP contribution < -0.4 is 14.4 Å². The molecular formula is C30H31ClF3N3O5S2. The minimum absolute atomic E-state index is 0.220. The highest BCUT2D eigenvalue weighted by molar-refractivity contribution is 8.13. The van der Waals surface area contributed by atoms with Crippen molar-refractivity contribution < 1.29 is 35.9 Å². The van der Waals surface area contributed by atoms with Crippen LogP contribution in [0.25, 0.3) is 0 Å². The fraction of sp³-hybridized carbons (Fsp3) is 0.333. The number of thioether (sulfide) groups is 1. The molecule has 3 aromatic carbocycles. The number of aliphatic imine (C=N–C) groups is 1. The molecule has 0 radical (unpaired) electrons. The van der Waals surface area contributed by atoms with Crippen LogP contribution >= 0.6 is 23.4 Å². The minimum Gasteiger partial charge on any atom is -0.495 e. The smallest absolute Gasteiger partial charge is 0.323 e. The van der Waals surface area contributed by atoms with Crippen LogP contribution in [0.15, 0.2) is 64.5 Å². The van der Waals surface area contributed by atoms with Gasteiger partial charge in [0.15, 0.2) is 5.17 Å². The van der Waals surface area contributed by atoms with E-state index in [0.717, 1.165) is 24.4 Å². The maximum absolute atomic E-state index is 15.2. The van der Waals surface area contributed by atoms with Crippen molar-refractivity contribution in [1.82, 2.24) is 4.72 Å². The molecule has 0 aromatic heterocycles. The summed E-state index contributed by atoms with van der Waals surface area (Å²) < 4.78 is 81.5. The number of sulfonamides is 1. The lowest BCUT2D eigenvalue weighted by Crippen LogP contribution is -2.48. The van der Waals surface area contributed by atoms with E-state index in [4.69, 9.17) is 21.3 Å². The molecule has 0 bridgehead atoms. The molecule has 8 nitrogen and oxygen atoms in total. The first-order valence-electron chi connectivity index (χ1n) is 13.3. The normalized spacial score (nSPS) is 16.1. The largest absolute Gasteiger partial charge is 0.495 e. The zero-order valence-electron chi connectivity index (χ0n) is 24.5. The molecule has 2 atom stereocenters. The molecule has 14 heteroatoms. The summed E-state index contributed by atoms with van der Waals surface area (Å²) in [5.41, 5.74) is 0.615. The van der Waals surface area contributed by atoms with Crippen LogP contribution in [-0.2, 0) is 30.7 Å². The van der Waals surface area contributed by atoms with Gasteiger partial charge in [-0.15, -0.1) is 0 Å². The Morgan fingerprint density at radius 3 is 2.34 bits per heavy atom. The third-order valence-electron chi connectivity index (χ3n) is 7.41. The summed E-state index contributed by atoms with van der Waals surface area (Å²) in [6.45, 7) is 5.61. The molecule has 4 rings (SSSR count). The Bertz CT molecular complexity index is 1660. The summed E-state index contributed by atoms with van der Waals surface area (Å²) >= 11 is 7.31. The summed E-state index contributed by atoms with van der Waals surface area (Å²) in [4.78, 5) is 17.5. The molecule has 1 aliphatic heterocycles. The number of esters is 1. The van der Waals surface area contributed by atoms with E-state index in [1.807, 2.05) is 35.6 Å². The highest BCUT2D eigenvalue weighted by Gasteiger charge is 2.42. The topological polar surface area (TPSA) is 97.3 Å². The van der Waals surface area contributed by atoms with Gasteiger partial charge in [0.2, 0.25) is 10.0 Å². The summed E-state index contributed by atoms with van der Waals surface area (Å²) in [6.07, 6.45) is 0. The van der Waals surface area contributed by atoms with Gasteiger partial charge in [-0.1, -0.05) is 43.3 Å². The van der Waals surface area contributed by atoms with Crippen LogP contribution in [0.3, 0.4) is 0 Å². The first-order chi connectivity index (χ1) is 20.7. The molecule has 0 fully saturated rings. The van der Waals surface area contributed by atoms with Crippen molar-refractivity contribution in [2.24, 2.45) is 4.99 Å². The molecule has 0 amide bonds. The van der Waals surface area contributed by atoms with Crippen molar-refractivity contribution in [3.8, 4) is 5.75 Å². The van der Waals surface area contributed by atoms with E-state index in [1.165, 1.54) is 26.2 Å². The average Bonchev–Trinajstić information content (AvgIpc) is 3.41. The van der Waals surface area contributed by atoms with Crippen molar-refractivity contribution in [3.63, 3.8) is 0 Å². The van der Waals surface area contributed by atoms with Gasteiger partial charge in [-0.2, -0.15) is 4.72 Å². The van der Waals surface area contributed by atoms with Crippen molar-refractivity contribution in [2.75, 3.05) is 25.7 Å². The quantitative estimate of drug-likeness (QED) is 0.262. The molecule has 1 aliphatic rings. The summed E-state index contributed by atoms with van der Waals surface area (Å²) in [6, 6.07) is 11.2. The standard InChI is InChI=1S/C30H31ClF3N3O5S2/c1-17(28(38)42-5)36-44(39,40)21-13-24(33)22(25(34)14-21)16-43-29-35-15-27(37(29)20-9-7-19(32)8-10-20)30(2,3)18-6-11-23(31)26(12-18)41-4/h6-14,17,27,36H,15-16H2,1-5H3/t17-,27?/m1/s1. The second kappa shape index (κ2) is 13.4. The predicted octanol–water partition coefficient (Wildman–Crippen LogP) is 6.06. The van der Waals surface area contributed by atoms with Crippen LogP contribution in [0, 0.1) is 17.5 Å². The van der Waals surface area contributed by atoms with Gasteiger partial charge in [0.1, 0.15) is 29.2 Å². The van der Waals surface area contributed by atoms with E-state index in [1.54, 1.807) is 18.2 Å². The van der Waals surface area contributed by atoms with Crippen molar-refractivity contribution in [3.05, 3.63) is 88.2 Å². The SMILES string of the molecule is COC(=O)[C@@H](C)NS(=O)(=O)c1cc(F)c(CSC2=NCC(C(C)(C)c3ccc(Cl)c(OC)c3)N2c2ccc(F)cc2)c(F)c1. The number of halogens is 4. The third-order valence-corrected chi connectivity index (χ3v) is 10.3. The first kappa shape index (κ1) is 33.6. The Kier molecular flexibility index (Phi) is 10.2. The van der Waals surface area contributed by atoms with Crippen LogP contribution in [0.5, 0.6) is 5.75 Å². The van der Waals surface area contributed by atoms with Gasteiger partial charge in [-0.25, -0.2) is 21.6 Å². The molecule has 0 saturated carbocycles. The lowest BCUT2D eigenvalue weighted by Gasteiger charge is -2.39. The second-order valence-corrected chi connectivity index (χ2v) is 13.6. The number of ether oxygens (including phenoxy) is 2. The number of hydrogen-bond donors (Lipinski definition) is 1. The van der Waals surface area contributed by atoms with Gasteiger partial charge in [0.05, 0.1) is 36.7 Å². The molecule has 236 valence electrons. The van der Waals surface area contributed by atoms with Gasteiger partial charge >= 0.3 is 5.97 Å². The fourth-order valence-electron chi connectivity index (χ4n) is 4.80. The number of methoxy groups -OCH3 is 2. The zero-order valence-corrected chi connectivity index (χ0v) is 26.9. The van der Waals surface area contributed by atoms with E-state index in [2.05, 4.69) is 4.74 Å². The van der Waals surface area contributed by atoms with E-state index in [0.29, 0.717) is 40.3 Å². The molecule has 0 saturated heterocycles. The predicted molar refractivity (Wildman–Crippen MR) is 165 cm³/mol. The van der Waals surface area contributed by atoms with Crippen LogP contribution in [0.2, 0.25) is 5.02 Å². The summed E-state index contributed by atoms with van der Waals surface area (Å²) in [7, 11) is -1.82. The Hall–Kier alpha value is -3.26. The second-order valence-electron chi connectivity index (χ2n) is 10.6. The maximum Gasteiger partial charge on any atom is 0.323 e. The van der Waals surface area contributed by atoms with Crippen molar-refractivity contribution in [2.45, 2.75) is 48.9 Å². The number of carbonyl (C=O) groups is 1. The van der Waals surface area contributed by atoms with Crippen molar-refractivity contribution in [1.29, 1.82) is 0 Å². The molecule has 44 heavy (non-hydrogen) atoms. The minimum atomic E-state index is -4.43. The van der Waals surface area contributed by atoms with Gasteiger partial charge in [0.25, 0.3) is 0 Å². The Morgan fingerprint density at radius 2 is 1.75 bits per heavy atom. The first-order valence-corrected chi connectivity index (χ1v) is 16.2. The van der Waals surface area contributed by atoms with E-state index < -0.39 is 49.8 Å². The number of carbonyl (C=O) groups excluding carboxylic acids is 1. The Labute approximate surface area is 263 Å². The van der Waals surface area contributed by atoms with Crippen LogP contribution in [0.4, 0.5) is 18.9 Å². The number of amidine groups is 1. The Morgan fingerprint density at radius 1 is 1.11 bits per heavy atom. The fourth-order valence-corrected chi connectivity index (χ4v) is 7.30. The van der Waals surface area contributed by atoms with E-state index in [9.17, 15) is 17.6 Å². The number of nitrogens with zero attached hydrogens (tertiary/aromatic N) is 2. The highest BCUT2D eigenvalue weighted by atomic mass is 35.5. The van der Waals surface area contributed by atoms with Gasteiger partial charge in [-0.05, 0) is 61.0 Å². The number of rotatable bonds is 10. The van der Waals surface area contributed by atoms with Gasteiger partial charge in [-0.3, -0.25) is 9.79 Å². The molecule has 1 unspecified atom stereocenters. The van der Waals surface area contributed by atoms with Crippen LogP contribution in [-0.4, -0.2) is 52.4 Å². The molecule has 1 N–H and O–H groups in total. The molecule has 0 spiro atoms. The maximum atomic E-state index is 15.2. The molecule has 1 heterocycles. The number of anilines is 1. The van der Waals surface area contributed by atoms with E-state index >= 15 is 8.78 Å². The van der Waals surface area contributed by atoms with Gasteiger partial charge < -0.3 is 14.4 Å². The zero-order chi connectivity index (χ0) is 32.4. The molecule has 3 aromatic rings. The highest BCUT2D eigenvalue weighted by Crippen LogP contribution is 2.41. The van der Waals surface area contributed by atoms with Gasteiger partial charge in [0, 0.05) is 22.4 Å².